The highest BCUT2D eigenvalue weighted by atomic mass is 16.3. The van der Waals surface area contributed by atoms with Crippen molar-refractivity contribution in [3.05, 3.63) is 64.3 Å². The molecule has 0 atom stereocenters. The fourth-order valence-corrected chi connectivity index (χ4v) is 3.18. The van der Waals surface area contributed by atoms with E-state index in [0.29, 0.717) is 22.9 Å². The largest absolute Gasteiger partial charge is 0.507 e. The van der Waals surface area contributed by atoms with E-state index in [1.165, 1.54) is 5.56 Å². The molecule has 2 aromatic carbocycles. The summed E-state index contributed by atoms with van der Waals surface area (Å²) < 4.78 is 0. The van der Waals surface area contributed by atoms with Crippen LogP contribution in [-0.2, 0) is 0 Å². The van der Waals surface area contributed by atoms with Gasteiger partial charge in [-0.05, 0) is 79.3 Å². The molecule has 0 saturated heterocycles. The number of aromatic hydroxyl groups is 1. The predicted molar refractivity (Wildman–Crippen MR) is 108 cm³/mol. The molecule has 0 aliphatic carbocycles. The van der Waals surface area contributed by atoms with Gasteiger partial charge in [-0.25, -0.2) is 0 Å². The highest BCUT2D eigenvalue weighted by molar-refractivity contribution is 6.03. The van der Waals surface area contributed by atoms with Gasteiger partial charge < -0.3 is 10.4 Å². The molecular weight excluding hydrogens is 338 g/mol. The first-order valence-electron chi connectivity index (χ1n) is 9.04. The maximum Gasteiger partial charge on any atom is 0.273 e. The number of aryl methyl sites for hydroxylation is 3. The minimum absolute atomic E-state index is 0.149. The highest BCUT2D eigenvalue weighted by Gasteiger charge is 2.15. The number of carbonyl (C=O) groups is 1. The number of aromatic nitrogens is 2. The fraction of sp³-hybridized carbons (Fsp3) is 0.273. The van der Waals surface area contributed by atoms with E-state index < -0.39 is 0 Å². The average Bonchev–Trinajstić information content (AvgIpc) is 3.07. The van der Waals surface area contributed by atoms with Crippen molar-refractivity contribution in [2.45, 2.75) is 40.5 Å². The Kier molecular flexibility index (Phi) is 5.04. The zero-order chi connectivity index (χ0) is 19.7. The summed E-state index contributed by atoms with van der Waals surface area (Å²) in [4.78, 5) is 12.5. The van der Waals surface area contributed by atoms with Gasteiger partial charge in [-0.3, -0.25) is 9.89 Å². The molecule has 1 amide bonds. The summed E-state index contributed by atoms with van der Waals surface area (Å²) in [5.74, 6) is 0.320. The van der Waals surface area contributed by atoms with Crippen molar-refractivity contribution in [3.8, 4) is 17.0 Å². The number of benzene rings is 2. The van der Waals surface area contributed by atoms with Gasteiger partial charge in [0.1, 0.15) is 11.4 Å². The van der Waals surface area contributed by atoms with Gasteiger partial charge in [0.2, 0.25) is 0 Å². The van der Waals surface area contributed by atoms with E-state index in [-0.39, 0.29) is 11.7 Å². The Hall–Kier alpha value is -3.08. The second-order valence-electron chi connectivity index (χ2n) is 7.30. The van der Waals surface area contributed by atoms with E-state index in [1.54, 1.807) is 12.1 Å². The van der Waals surface area contributed by atoms with Gasteiger partial charge in [0.15, 0.2) is 0 Å². The van der Waals surface area contributed by atoms with E-state index in [9.17, 15) is 9.90 Å². The Balaban J connectivity index is 1.82. The van der Waals surface area contributed by atoms with E-state index in [4.69, 9.17) is 0 Å². The van der Waals surface area contributed by atoms with Gasteiger partial charge in [-0.2, -0.15) is 5.10 Å². The van der Waals surface area contributed by atoms with Crippen LogP contribution >= 0.6 is 0 Å². The molecule has 3 N–H and O–H groups in total. The van der Waals surface area contributed by atoms with Crippen LogP contribution in [0.15, 0.2) is 36.4 Å². The maximum atomic E-state index is 12.5. The fourth-order valence-electron chi connectivity index (χ4n) is 3.18. The quantitative estimate of drug-likeness (QED) is 0.604. The number of H-pyrrole nitrogens is 1. The Morgan fingerprint density at radius 3 is 2.41 bits per heavy atom. The number of nitrogens with zero attached hydrogens (tertiary/aromatic N) is 1. The van der Waals surface area contributed by atoms with Crippen molar-refractivity contribution in [1.29, 1.82) is 0 Å². The molecule has 5 nitrogen and oxygen atoms in total. The number of hydrogen-bond donors (Lipinski definition) is 3. The molecule has 0 fully saturated rings. The number of hydrogen-bond acceptors (Lipinski definition) is 3. The summed E-state index contributed by atoms with van der Waals surface area (Å²) in [5, 5.41) is 20.0. The molecule has 0 saturated carbocycles. The van der Waals surface area contributed by atoms with Crippen molar-refractivity contribution in [2.75, 3.05) is 5.32 Å². The molecule has 3 rings (SSSR count). The Morgan fingerprint density at radius 2 is 1.74 bits per heavy atom. The van der Waals surface area contributed by atoms with E-state index >= 15 is 0 Å². The molecule has 0 radical (unpaired) electrons. The van der Waals surface area contributed by atoms with Crippen molar-refractivity contribution >= 4 is 11.6 Å². The molecular formula is C22H25N3O2. The third-order valence-electron chi connectivity index (χ3n) is 4.86. The first-order valence-corrected chi connectivity index (χ1v) is 9.04. The van der Waals surface area contributed by atoms with Gasteiger partial charge in [-0.15, -0.1) is 0 Å². The number of phenols is 1. The summed E-state index contributed by atoms with van der Waals surface area (Å²) in [7, 11) is 0. The molecule has 27 heavy (non-hydrogen) atoms. The van der Waals surface area contributed by atoms with Crippen molar-refractivity contribution in [1.82, 2.24) is 10.2 Å². The smallest absolute Gasteiger partial charge is 0.273 e. The zero-order valence-electron chi connectivity index (χ0n) is 16.3. The Labute approximate surface area is 159 Å². The SMILES string of the molecule is Cc1cc(O)c(-c2cc(C(=O)Nc3ccc(C(C)C)c(C)c3)[nH]n2)cc1C. The normalized spacial score (nSPS) is 11.0. The number of anilines is 1. The lowest BCUT2D eigenvalue weighted by Gasteiger charge is -2.11. The first kappa shape index (κ1) is 18.7. The van der Waals surface area contributed by atoms with Gasteiger partial charge in [0, 0.05) is 11.3 Å². The minimum atomic E-state index is -0.270. The second-order valence-corrected chi connectivity index (χ2v) is 7.30. The lowest BCUT2D eigenvalue weighted by atomic mass is 9.98. The summed E-state index contributed by atoms with van der Waals surface area (Å²) >= 11 is 0. The molecule has 140 valence electrons. The summed E-state index contributed by atoms with van der Waals surface area (Å²) in [5.41, 5.74) is 6.69. The average molecular weight is 363 g/mol. The van der Waals surface area contributed by atoms with Crippen LogP contribution in [0.25, 0.3) is 11.3 Å². The lowest BCUT2D eigenvalue weighted by Crippen LogP contribution is -2.12. The molecule has 0 unspecified atom stereocenters. The second kappa shape index (κ2) is 7.27. The van der Waals surface area contributed by atoms with Crippen LogP contribution in [0.1, 0.15) is 52.5 Å². The predicted octanol–water partition coefficient (Wildman–Crippen LogP) is 5.08. The van der Waals surface area contributed by atoms with Crippen LogP contribution in [0.4, 0.5) is 5.69 Å². The van der Waals surface area contributed by atoms with Crippen molar-refractivity contribution in [2.24, 2.45) is 0 Å². The first-order chi connectivity index (χ1) is 12.8. The molecule has 5 heteroatoms. The van der Waals surface area contributed by atoms with Crippen LogP contribution in [0, 0.1) is 20.8 Å². The monoisotopic (exact) mass is 363 g/mol. The lowest BCUT2D eigenvalue weighted by molar-refractivity contribution is 0.102. The van der Waals surface area contributed by atoms with Crippen LogP contribution < -0.4 is 5.32 Å². The van der Waals surface area contributed by atoms with Gasteiger partial charge >= 0.3 is 0 Å². The molecule has 0 spiro atoms. The zero-order valence-corrected chi connectivity index (χ0v) is 16.3. The molecule has 0 aliphatic heterocycles. The van der Waals surface area contributed by atoms with Crippen molar-refractivity contribution in [3.63, 3.8) is 0 Å². The van der Waals surface area contributed by atoms with Gasteiger partial charge in [0.05, 0.1) is 5.69 Å². The topological polar surface area (TPSA) is 78.0 Å². The third-order valence-corrected chi connectivity index (χ3v) is 4.86. The molecule has 1 heterocycles. The summed E-state index contributed by atoms with van der Waals surface area (Å²) in [6, 6.07) is 11.1. The van der Waals surface area contributed by atoms with Crippen molar-refractivity contribution < 1.29 is 9.90 Å². The number of amides is 1. The third kappa shape index (κ3) is 3.87. The number of phenolic OH excluding ortho intramolecular Hbond substituents is 1. The Morgan fingerprint density at radius 1 is 1.04 bits per heavy atom. The molecule has 0 bridgehead atoms. The van der Waals surface area contributed by atoms with Crippen LogP contribution in [0.2, 0.25) is 0 Å². The van der Waals surface area contributed by atoms with E-state index in [1.807, 2.05) is 45.0 Å². The van der Waals surface area contributed by atoms with Gasteiger partial charge in [0.25, 0.3) is 5.91 Å². The minimum Gasteiger partial charge on any atom is -0.507 e. The standard InChI is InChI=1S/C22H25N3O2/c1-12(2)17-7-6-16(8-15(17)5)23-22(27)20-11-19(24-25-20)18-9-13(3)14(4)10-21(18)26/h6-12,26H,1-5H3,(H,23,27)(H,24,25). The molecule has 3 aromatic rings. The maximum absolute atomic E-state index is 12.5. The van der Waals surface area contributed by atoms with Crippen LogP contribution in [-0.4, -0.2) is 21.2 Å². The number of aromatic amines is 1. The number of carbonyl (C=O) groups excluding carboxylic acids is 1. The molecule has 0 aliphatic rings. The van der Waals surface area contributed by atoms with E-state index in [2.05, 4.69) is 29.4 Å². The van der Waals surface area contributed by atoms with Crippen LogP contribution in [0.5, 0.6) is 5.75 Å². The number of rotatable bonds is 4. The summed E-state index contributed by atoms with van der Waals surface area (Å²) in [6.45, 7) is 10.3. The molecule has 1 aromatic heterocycles. The summed E-state index contributed by atoms with van der Waals surface area (Å²) in [6.07, 6.45) is 0. The Bertz CT molecular complexity index is 1000. The van der Waals surface area contributed by atoms with Gasteiger partial charge in [-0.1, -0.05) is 19.9 Å². The van der Waals surface area contributed by atoms with E-state index in [0.717, 1.165) is 22.4 Å². The van der Waals surface area contributed by atoms with Crippen LogP contribution in [0.3, 0.4) is 0 Å². The highest BCUT2D eigenvalue weighted by Crippen LogP contribution is 2.31. The number of nitrogens with one attached hydrogen (secondary N) is 2.